The average Bonchev–Trinajstić information content (AvgIpc) is 3.21. The molecule has 10 heteroatoms. The van der Waals surface area contributed by atoms with Crippen LogP contribution in [0.15, 0.2) is 65.3 Å². The van der Waals surface area contributed by atoms with Crippen molar-refractivity contribution in [3.63, 3.8) is 0 Å². The maximum absolute atomic E-state index is 13.9. The molecule has 2 aliphatic heterocycles. The zero-order valence-corrected chi connectivity index (χ0v) is 23.6. The number of benzene rings is 2. The Bertz CT molecular complexity index is 1360. The second-order valence-corrected chi connectivity index (χ2v) is 11.3. The number of imide groups is 1. The van der Waals surface area contributed by atoms with Gasteiger partial charge >= 0.3 is 14.2 Å². The van der Waals surface area contributed by atoms with Gasteiger partial charge in [-0.1, -0.05) is 61.8 Å². The van der Waals surface area contributed by atoms with Crippen LogP contribution in [-0.4, -0.2) is 52.3 Å². The minimum Gasteiger partial charge on any atom is -0.508 e. The van der Waals surface area contributed by atoms with Crippen LogP contribution in [0.4, 0.5) is 5.69 Å². The number of allylic oxidation sites excluding steroid dienone is 2. The van der Waals surface area contributed by atoms with Crippen LogP contribution in [0.2, 0.25) is 6.32 Å². The fraction of sp³-hybridized carbons (Fsp3) is 0.419. The number of phenols is 1. The van der Waals surface area contributed by atoms with E-state index in [1.807, 2.05) is 12.1 Å². The van der Waals surface area contributed by atoms with Crippen LogP contribution in [-0.2, 0) is 14.2 Å². The third-order valence-corrected chi connectivity index (χ3v) is 8.72. The van der Waals surface area contributed by atoms with Gasteiger partial charge in [0, 0.05) is 0 Å². The molecule has 2 amide bonds. The number of anilines is 1. The fourth-order valence-corrected chi connectivity index (χ4v) is 6.89. The molecule has 8 nitrogen and oxygen atoms in total. The summed E-state index contributed by atoms with van der Waals surface area (Å²) in [5.74, 6) is -1.80. The first-order valence-electron chi connectivity index (χ1n) is 14.6. The van der Waals surface area contributed by atoms with Crippen LogP contribution in [0.25, 0.3) is 6.08 Å². The van der Waals surface area contributed by atoms with Crippen LogP contribution in [0.1, 0.15) is 57.9 Å². The molecule has 4 N–H and O–H groups in total. The number of hydrogen-bond acceptors (Lipinski definition) is 7. The molecule has 2 aromatic carbocycles. The van der Waals surface area contributed by atoms with Gasteiger partial charge in [0.2, 0.25) is 11.8 Å². The summed E-state index contributed by atoms with van der Waals surface area (Å²) in [5.41, 5.74) is 4.96. The molecule has 2 fully saturated rings. The first kappa shape index (κ1) is 29.3. The molecule has 2 aromatic rings. The molecule has 0 spiro atoms. The SMILES string of the molecule is CCC/C(=C\c1ccc(O)cc1)CC[C@H]1OB(O)C[C@H]2C1=C(CC)C[C@H]1C(=O)N(c3cccc(B(O)O)c3)C(=O)[C@H]12. The summed E-state index contributed by atoms with van der Waals surface area (Å²) in [6.45, 7) is 4.19. The second kappa shape index (κ2) is 12.4. The normalized spacial score (nSPS) is 24.6. The molecule has 2 saturated heterocycles. The zero-order valence-electron chi connectivity index (χ0n) is 23.6. The largest absolute Gasteiger partial charge is 0.508 e. The molecule has 3 aliphatic rings. The lowest BCUT2D eigenvalue weighted by Gasteiger charge is -2.43. The Kier molecular flexibility index (Phi) is 8.85. The van der Waals surface area contributed by atoms with E-state index in [1.165, 1.54) is 22.6 Å². The Morgan fingerprint density at radius 2 is 1.83 bits per heavy atom. The maximum Gasteiger partial charge on any atom is 0.488 e. The van der Waals surface area contributed by atoms with Crippen LogP contribution in [0.5, 0.6) is 5.75 Å². The van der Waals surface area contributed by atoms with Gasteiger partial charge in [0.15, 0.2) is 0 Å². The van der Waals surface area contributed by atoms with E-state index >= 15 is 0 Å². The predicted octanol–water partition coefficient (Wildman–Crippen LogP) is 3.45. The molecule has 41 heavy (non-hydrogen) atoms. The van der Waals surface area contributed by atoms with E-state index in [0.29, 0.717) is 18.5 Å². The van der Waals surface area contributed by atoms with Crippen molar-refractivity contribution in [3.05, 3.63) is 70.8 Å². The van der Waals surface area contributed by atoms with E-state index in [2.05, 4.69) is 19.9 Å². The molecule has 1 aliphatic carbocycles. The van der Waals surface area contributed by atoms with E-state index < -0.39 is 26.1 Å². The van der Waals surface area contributed by atoms with Crippen molar-refractivity contribution >= 4 is 43.3 Å². The summed E-state index contributed by atoms with van der Waals surface area (Å²) < 4.78 is 6.12. The van der Waals surface area contributed by atoms with Crippen molar-refractivity contribution < 1.29 is 34.4 Å². The summed E-state index contributed by atoms with van der Waals surface area (Å²) in [7, 11) is -2.75. The van der Waals surface area contributed by atoms with Gasteiger partial charge in [-0.2, -0.15) is 0 Å². The molecule has 0 unspecified atom stereocenters. The third kappa shape index (κ3) is 5.93. The molecule has 0 bridgehead atoms. The Labute approximate surface area is 241 Å². The molecule has 0 saturated carbocycles. The number of amides is 2. The number of carbonyl (C=O) groups is 2. The molecule has 2 heterocycles. The van der Waals surface area contributed by atoms with E-state index in [9.17, 15) is 29.8 Å². The lowest BCUT2D eigenvalue weighted by molar-refractivity contribution is -0.122. The predicted molar refractivity (Wildman–Crippen MR) is 159 cm³/mol. The lowest BCUT2D eigenvalue weighted by Crippen LogP contribution is -2.46. The number of phenolic OH excluding ortho intramolecular Hbond substituents is 1. The minimum absolute atomic E-state index is 0.204. The summed E-state index contributed by atoms with van der Waals surface area (Å²) in [6.07, 6.45) is 6.52. The number of rotatable bonds is 9. The standard InChI is InChI=1S/C31H37B2NO7/c1-3-6-19(15-20-9-12-24(35)13-10-20)11-14-27-28-21(4-2)16-25-29(26(28)18-32(38)41-27)31(37)34(30(25)36)23-8-5-7-22(17-23)33(39)40/h5,7-10,12-13,15,17,25-27,29,35,38-40H,3-4,6,11,14,16,18H2,1-2H3/b19-15+/t25-,26+,27-,29-/m1/s1. The molecule has 4 atom stereocenters. The highest BCUT2D eigenvalue weighted by atomic mass is 16.5. The number of fused-ring (bicyclic) bond motifs is 3. The second-order valence-electron chi connectivity index (χ2n) is 11.3. The molecule has 0 radical (unpaired) electrons. The van der Waals surface area contributed by atoms with Gasteiger partial charge in [-0.3, -0.25) is 14.5 Å². The number of hydrogen-bond donors (Lipinski definition) is 4. The van der Waals surface area contributed by atoms with Crippen LogP contribution >= 0.6 is 0 Å². The topological polar surface area (TPSA) is 128 Å². The Morgan fingerprint density at radius 3 is 2.51 bits per heavy atom. The van der Waals surface area contributed by atoms with Gasteiger partial charge in [0.25, 0.3) is 0 Å². The molecule has 5 rings (SSSR count). The highest BCUT2D eigenvalue weighted by molar-refractivity contribution is 6.58. The number of aromatic hydroxyl groups is 1. The fourth-order valence-electron chi connectivity index (χ4n) is 6.89. The van der Waals surface area contributed by atoms with Crippen molar-refractivity contribution in [2.45, 2.75) is 64.8 Å². The summed E-state index contributed by atoms with van der Waals surface area (Å²) >= 11 is 0. The maximum atomic E-state index is 13.9. The van der Waals surface area contributed by atoms with E-state index in [0.717, 1.165) is 42.4 Å². The van der Waals surface area contributed by atoms with Crippen molar-refractivity contribution in [1.82, 2.24) is 0 Å². The van der Waals surface area contributed by atoms with Crippen LogP contribution < -0.4 is 10.4 Å². The van der Waals surface area contributed by atoms with Gasteiger partial charge in [-0.15, -0.1) is 0 Å². The highest BCUT2D eigenvalue weighted by Crippen LogP contribution is 2.51. The Balaban J connectivity index is 1.42. The first-order chi connectivity index (χ1) is 19.7. The average molecular weight is 557 g/mol. The van der Waals surface area contributed by atoms with Gasteiger partial charge in [-0.25, -0.2) is 0 Å². The van der Waals surface area contributed by atoms with Crippen molar-refractivity contribution in [3.8, 4) is 5.75 Å². The van der Waals surface area contributed by atoms with E-state index in [1.54, 1.807) is 24.3 Å². The lowest BCUT2D eigenvalue weighted by atomic mass is 9.58. The van der Waals surface area contributed by atoms with E-state index in [-0.39, 0.29) is 41.4 Å². The number of carbonyl (C=O) groups excluding carboxylic acids is 2. The molecule has 214 valence electrons. The number of nitrogens with zero attached hydrogens (tertiary/aromatic N) is 1. The minimum atomic E-state index is -1.71. The van der Waals surface area contributed by atoms with Gasteiger partial charge in [-0.05, 0) is 85.2 Å². The van der Waals surface area contributed by atoms with Crippen LogP contribution in [0.3, 0.4) is 0 Å². The zero-order chi connectivity index (χ0) is 29.3. The summed E-state index contributed by atoms with van der Waals surface area (Å²) in [5, 5.41) is 39.7. The highest BCUT2D eigenvalue weighted by Gasteiger charge is 2.57. The van der Waals surface area contributed by atoms with E-state index in [4.69, 9.17) is 4.65 Å². The van der Waals surface area contributed by atoms with Gasteiger partial charge in [0.05, 0.1) is 23.6 Å². The molecular formula is C31H37B2NO7. The molecular weight excluding hydrogens is 520 g/mol. The molecule has 0 aromatic heterocycles. The smallest absolute Gasteiger partial charge is 0.488 e. The van der Waals surface area contributed by atoms with Crippen molar-refractivity contribution in [1.29, 1.82) is 0 Å². The summed E-state index contributed by atoms with van der Waals surface area (Å²) in [4.78, 5) is 28.7. The first-order valence-corrected chi connectivity index (χ1v) is 14.6. The van der Waals surface area contributed by atoms with Gasteiger partial charge < -0.3 is 24.8 Å². The quantitative estimate of drug-likeness (QED) is 0.211. The van der Waals surface area contributed by atoms with Crippen molar-refractivity contribution in [2.24, 2.45) is 17.8 Å². The Morgan fingerprint density at radius 1 is 1.07 bits per heavy atom. The summed E-state index contributed by atoms with van der Waals surface area (Å²) in [6, 6.07) is 13.3. The van der Waals surface area contributed by atoms with Crippen LogP contribution in [0, 0.1) is 17.8 Å². The van der Waals surface area contributed by atoms with Gasteiger partial charge in [0.1, 0.15) is 5.75 Å². The third-order valence-electron chi connectivity index (χ3n) is 8.72. The monoisotopic (exact) mass is 557 g/mol. The van der Waals surface area contributed by atoms with Crippen molar-refractivity contribution in [2.75, 3.05) is 4.90 Å². The Hall–Kier alpha value is -3.17.